The molecule has 0 aliphatic rings. The van der Waals surface area contributed by atoms with Crippen molar-refractivity contribution in [2.75, 3.05) is 25.5 Å². The largest absolute Gasteiger partial charge is 0.378 e. The minimum Gasteiger partial charge on any atom is -0.378 e. The van der Waals surface area contributed by atoms with Crippen LogP contribution >= 0.6 is 0 Å². The molecule has 0 aliphatic heterocycles. The van der Waals surface area contributed by atoms with Gasteiger partial charge in [0.25, 0.3) is 0 Å². The van der Waals surface area contributed by atoms with Gasteiger partial charge in [-0.25, -0.2) is 9.97 Å². The fraction of sp³-hybridized carbons (Fsp3) is 0.286. The van der Waals surface area contributed by atoms with Gasteiger partial charge in [0.1, 0.15) is 6.33 Å². The highest BCUT2D eigenvalue weighted by Crippen LogP contribution is 2.23. The molecule has 2 N–H and O–H groups in total. The van der Waals surface area contributed by atoms with Crippen LogP contribution in [0, 0.1) is 0 Å². The summed E-state index contributed by atoms with van der Waals surface area (Å²) in [6, 6.07) is 10.3. The number of benzene rings is 1. The number of anilines is 1. The highest BCUT2D eigenvalue weighted by Gasteiger charge is 2.13. The number of nitrogens with two attached hydrogens (primary N) is 1. The van der Waals surface area contributed by atoms with Crippen LogP contribution in [-0.2, 0) is 0 Å². The van der Waals surface area contributed by atoms with E-state index >= 15 is 0 Å². The third-order valence-electron chi connectivity index (χ3n) is 3.01. The van der Waals surface area contributed by atoms with E-state index in [4.69, 9.17) is 5.73 Å². The minimum absolute atomic E-state index is 0.129. The van der Waals surface area contributed by atoms with Crippen LogP contribution in [0.1, 0.15) is 17.2 Å². The molecule has 0 saturated heterocycles. The first-order valence-electron chi connectivity index (χ1n) is 5.95. The quantitative estimate of drug-likeness (QED) is 0.885. The molecular formula is C14H18N4. The van der Waals surface area contributed by atoms with Crippen LogP contribution in [0.5, 0.6) is 0 Å². The lowest BCUT2D eigenvalue weighted by Gasteiger charge is -2.17. The Morgan fingerprint density at radius 1 is 1.17 bits per heavy atom. The van der Waals surface area contributed by atoms with E-state index in [9.17, 15) is 0 Å². The van der Waals surface area contributed by atoms with Crippen LogP contribution < -0.4 is 10.6 Å². The molecule has 1 aromatic carbocycles. The van der Waals surface area contributed by atoms with Crippen molar-refractivity contribution < 1.29 is 0 Å². The molecule has 0 saturated carbocycles. The van der Waals surface area contributed by atoms with Gasteiger partial charge in [0.2, 0.25) is 0 Å². The van der Waals surface area contributed by atoms with Gasteiger partial charge in [-0.3, -0.25) is 0 Å². The Balaban J connectivity index is 2.28. The van der Waals surface area contributed by atoms with Crippen LogP contribution in [0.25, 0.3) is 0 Å². The molecule has 0 amide bonds. The second-order valence-corrected chi connectivity index (χ2v) is 4.41. The zero-order chi connectivity index (χ0) is 13.0. The Labute approximate surface area is 107 Å². The molecule has 1 heterocycles. The Morgan fingerprint density at radius 2 is 1.89 bits per heavy atom. The molecule has 0 aliphatic carbocycles. The highest BCUT2D eigenvalue weighted by molar-refractivity contribution is 5.47. The lowest BCUT2D eigenvalue weighted by Crippen LogP contribution is -2.15. The average Bonchev–Trinajstić information content (AvgIpc) is 2.41. The molecule has 0 fully saturated rings. The van der Waals surface area contributed by atoms with Crippen molar-refractivity contribution in [3.63, 3.8) is 0 Å². The van der Waals surface area contributed by atoms with Gasteiger partial charge in [0, 0.05) is 38.4 Å². The molecule has 1 aromatic heterocycles. The van der Waals surface area contributed by atoms with Crippen molar-refractivity contribution in [3.8, 4) is 0 Å². The highest BCUT2D eigenvalue weighted by atomic mass is 15.1. The third-order valence-corrected chi connectivity index (χ3v) is 3.01. The molecule has 0 spiro atoms. The first kappa shape index (κ1) is 12.5. The predicted octanol–water partition coefficient (Wildman–Crippen LogP) is 1.63. The summed E-state index contributed by atoms with van der Waals surface area (Å²) in [4.78, 5) is 10.3. The normalized spacial score (nSPS) is 12.2. The average molecular weight is 242 g/mol. The number of rotatable bonds is 4. The molecule has 4 heteroatoms. The van der Waals surface area contributed by atoms with Crippen LogP contribution in [-0.4, -0.2) is 30.6 Å². The topological polar surface area (TPSA) is 55.0 Å². The smallest absolute Gasteiger partial charge is 0.115 e. The molecule has 4 nitrogen and oxygen atoms in total. The minimum atomic E-state index is 0.129. The number of nitrogens with zero attached hydrogens (tertiary/aromatic N) is 3. The third kappa shape index (κ3) is 2.65. The van der Waals surface area contributed by atoms with Crippen molar-refractivity contribution >= 4 is 5.69 Å². The monoisotopic (exact) mass is 242 g/mol. The van der Waals surface area contributed by atoms with E-state index in [-0.39, 0.29) is 5.92 Å². The Hall–Kier alpha value is -1.94. The molecule has 1 atom stereocenters. The lowest BCUT2D eigenvalue weighted by atomic mass is 9.95. The first-order valence-corrected chi connectivity index (χ1v) is 5.95. The van der Waals surface area contributed by atoms with E-state index in [1.54, 1.807) is 12.5 Å². The standard InChI is InChI=1S/C14H18N4/c1-18(2)12-5-3-11(4-6-12)13(9-15)14-7-8-16-10-17-14/h3-8,10,13H,9,15H2,1-2H3. The van der Waals surface area contributed by atoms with E-state index in [0.29, 0.717) is 6.54 Å². The summed E-state index contributed by atoms with van der Waals surface area (Å²) >= 11 is 0. The summed E-state index contributed by atoms with van der Waals surface area (Å²) < 4.78 is 0. The summed E-state index contributed by atoms with van der Waals surface area (Å²) in [7, 11) is 4.06. The van der Waals surface area contributed by atoms with Crippen LogP contribution in [0.15, 0.2) is 42.9 Å². The molecule has 1 unspecified atom stereocenters. The molecule has 2 rings (SSSR count). The molecule has 0 radical (unpaired) electrons. The number of aromatic nitrogens is 2. The maximum atomic E-state index is 5.86. The SMILES string of the molecule is CN(C)c1ccc(C(CN)c2ccncn2)cc1. The van der Waals surface area contributed by atoms with Crippen molar-refractivity contribution in [3.05, 3.63) is 54.1 Å². The molecule has 2 aromatic rings. The van der Waals surface area contributed by atoms with Gasteiger partial charge in [0.15, 0.2) is 0 Å². The van der Waals surface area contributed by atoms with Crippen LogP contribution in [0.4, 0.5) is 5.69 Å². The Kier molecular flexibility index (Phi) is 3.89. The van der Waals surface area contributed by atoms with Gasteiger partial charge in [-0.05, 0) is 23.8 Å². The molecule has 0 bridgehead atoms. The van der Waals surface area contributed by atoms with Gasteiger partial charge in [-0.2, -0.15) is 0 Å². The summed E-state index contributed by atoms with van der Waals surface area (Å²) in [6.45, 7) is 0.540. The van der Waals surface area contributed by atoms with E-state index in [1.807, 2.05) is 20.2 Å². The van der Waals surface area contributed by atoms with E-state index in [2.05, 4.69) is 39.1 Å². The van der Waals surface area contributed by atoms with Gasteiger partial charge in [-0.1, -0.05) is 12.1 Å². The van der Waals surface area contributed by atoms with E-state index < -0.39 is 0 Å². The van der Waals surface area contributed by atoms with Gasteiger partial charge in [-0.15, -0.1) is 0 Å². The second-order valence-electron chi connectivity index (χ2n) is 4.41. The fourth-order valence-corrected chi connectivity index (χ4v) is 1.94. The summed E-state index contributed by atoms with van der Waals surface area (Å²) in [5.74, 6) is 0.129. The molecular weight excluding hydrogens is 224 g/mol. The molecule has 18 heavy (non-hydrogen) atoms. The van der Waals surface area contributed by atoms with Crippen molar-refractivity contribution in [1.29, 1.82) is 0 Å². The Bertz CT molecular complexity index is 479. The van der Waals surface area contributed by atoms with E-state index in [0.717, 1.165) is 5.69 Å². The van der Waals surface area contributed by atoms with Crippen molar-refractivity contribution in [2.45, 2.75) is 5.92 Å². The summed E-state index contributed by atoms with van der Waals surface area (Å²) in [6.07, 6.45) is 3.31. The zero-order valence-corrected chi connectivity index (χ0v) is 10.7. The van der Waals surface area contributed by atoms with E-state index in [1.165, 1.54) is 11.3 Å². The lowest BCUT2D eigenvalue weighted by molar-refractivity contribution is 0.781. The zero-order valence-electron chi connectivity index (χ0n) is 10.7. The number of hydrogen-bond donors (Lipinski definition) is 1. The number of hydrogen-bond acceptors (Lipinski definition) is 4. The van der Waals surface area contributed by atoms with Crippen molar-refractivity contribution in [2.24, 2.45) is 5.73 Å². The molecule has 94 valence electrons. The van der Waals surface area contributed by atoms with Crippen LogP contribution in [0.2, 0.25) is 0 Å². The fourth-order valence-electron chi connectivity index (χ4n) is 1.94. The van der Waals surface area contributed by atoms with Crippen molar-refractivity contribution in [1.82, 2.24) is 9.97 Å². The van der Waals surface area contributed by atoms with Gasteiger partial charge < -0.3 is 10.6 Å². The maximum Gasteiger partial charge on any atom is 0.115 e. The first-order chi connectivity index (χ1) is 8.72. The van der Waals surface area contributed by atoms with Gasteiger partial charge in [0.05, 0.1) is 5.69 Å². The second kappa shape index (κ2) is 5.60. The Morgan fingerprint density at radius 3 is 2.39 bits per heavy atom. The summed E-state index contributed by atoms with van der Waals surface area (Å²) in [5, 5.41) is 0. The van der Waals surface area contributed by atoms with Crippen LogP contribution in [0.3, 0.4) is 0 Å². The summed E-state index contributed by atoms with van der Waals surface area (Å²) in [5.41, 5.74) is 9.19. The predicted molar refractivity (Wildman–Crippen MR) is 73.7 cm³/mol. The van der Waals surface area contributed by atoms with Gasteiger partial charge >= 0.3 is 0 Å². The maximum absolute atomic E-state index is 5.86.